The summed E-state index contributed by atoms with van der Waals surface area (Å²) >= 11 is 0. The number of nitro benzene ring substituents is 1. The number of nitro groups is 1. The molecule has 0 amide bonds. The summed E-state index contributed by atoms with van der Waals surface area (Å²) in [5.41, 5.74) is 0.687. The van der Waals surface area contributed by atoms with E-state index < -0.39 is 31.1 Å². The van der Waals surface area contributed by atoms with Crippen LogP contribution in [-0.4, -0.2) is 38.9 Å². The first kappa shape index (κ1) is 18.3. The largest absolute Gasteiger partial charge is 0.379 e. The van der Waals surface area contributed by atoms with Gasteiger partial charge in [-0.15, -0.1) is 0 Å². The van der Waals surface area contributed by atoms with Crippen molar-refractivity contribution in [2.45, 2.75) is 23.5 Å². The molecule has 0 unspecified atom stereocenters. The van der Waals surface area contributed by atoms with Crippen LogP contribution in [0.5, 0.6) is 0 Å². The molecule has 0 aliphatic carbocycles. The Balaban J connectivity index is 2.15. The van der Waals surface area contributed by atoms with Gasteiger partial charge in [0.1, 0.15) is 5.69 Å². The van der Waals surface area contributed by atoms with E-state index in [9.17, 15) is 27.3 Å². The molecule has 0 fully saturated rings. The molecule has 1 heterocycles. The molecule has 132 valence electrons. The second-order valence-electron chi connectivity index (χ2n) is 5.11. The number of nitrogens with one attached hydrogen (secondary N) is 1. The summed E-state index contributed by atoms with van der Waals surface area (Å²) in [4.78, 5) is 9.51. The lowest BCUT2D eigenvalue weighted by Crippen LogP contribution is -2.13. The Morgan fingerprint density at radius 1 is 1.38 bits per heavy atom. The maximum atomic E-state index is 12.6. The van der Waals surface area contributed by atoms with Gasteiger partial charge >= 0.3 is 5.76 Å². The van der Waals surface area contributed by atoms with E-state index in [1.807, 2.05) is 6.08 Å². The van der Waals surface area contributed by atoms with Crippen LogP contribution in [0.3, 0.4) is 0 Å². The number of rotatable bonds is 7. The molecule has 0 aromatic heterocycles. The van der Waals surface area contributed by atoms with Crippen LogP contribution in [0.25, 0.3) is 0 Å². The normalized spacial score (nSPS) is 15.2. The monoisotopic (exact) mass is 362 g/mol. The van der Waals surface area contributed by atoms with Gasteiger partial charge in [0, 0.05) is 12.6 Å². The standard InChI is InChI=1S/C14H16F2N2O5S/c15-14(16)24(21,22)11-1-2-12(13(9-11)18(19)20)17-6-3-10-4-7-23-8-5-10/h1-2,4,9,14,17H,3,5-8H2. The third-order valence-corrected chi connectivity index (χ3v) is 4.93. The number of sulfone groups is 1. The van der Waals surface area contributed by atoms with Gasteiger partial charge in [0.2, 0.25) is 9.84 Å². The van der Waals surface area contributed by atoms with Gasteiger partial charge in [-0.3, -0.25) is 10.1 Å². The molecule has 24 heavy (non-hydrogen) atoms. The van der Waals surface area contributed by atoms with E-state index in [4.69, 9.17) is 4.74 Å². The quantitative estimate of drug-likeness (QED) is 0.455. The van der Waals surface area contributed by atoms with Crippen LogP contribution in [0.1, 0.15) is 12.8 Å². The lowest BCUT2D eigenvalue weighted by molar-refractivity contribution is -0.384. The van der Waals surface area contributed by atoms with Gasteiger partial charge < -0.3 is 10.1 Å². The number of nitrogens with zero attached hydrogens (tertiary/aromatic N) is 1. The Hall–Kier alpha value is -2.07. The van der Waals surface area contributed by atoms with Gasteiger partial charge in [0.05, 0.1) is 23.0 Å². The number of hydrogen-bond acceptors (Lipinski definition) is 6. The van der Waals surface area contributed by atoms with Crippen LogP contribution in [0.15, 0.2) is 34.7 Å². The van der Waals surface area contributed by atoms with Crippen molar-refractivity contribution in [3.05, 3.63) is 40.0 Å². The predicted octanol–water partition coefficient (Wildman–Crippen LogP) is 2.74. The van der Waals surface area contributed by atoms with Gasteiger partial charge in [-0.05, 0) is 25.0 Å². The molecule has 0 atom stereocenters. The van der Waals surface area contributed by atoms with E-state index in [1.54, 1.807) is 0 Å². The zero-order chi connectivity index (χ0) is 17.7. The van der Waals surface area contributed by atoms with Crippen LogP contribution in [-0.2, 0) is 14.6 Å². The topological polar surface area (TPSA) is 98.5 Å². The molecule has 0 spiro atoms. The molecule has 1 N–H and O–H groups in total. The smallest absolute Gasteiger partial charge is 0.341 e. The SMILES string of the molecule is O=[N+]([O-])c1cc(S(=O)(=O)C(F)F)ccc1NCCC1=CCOCC1. The minimum absolute atomic E-state index is 0.0841. The fourth-order valence-electron chi connectivity index (χ4n) is 2.24. The molecule has 1 aromatic rings. The average molecular weight is 362 g/mol. The number of benzene rings is 1. The van der Waals surface area contributed by atoms with Gasteiger partial charge in [-0.25, -0.2) is 8.42 Å². The molecule has 0 bridgehead atoms. The third-order valence-electron chi connectivity index (χ3n) is 3.55. The van der Waals surface area contributed by atoms with Crippen LogP contribution in [0, 0.1) is 10.1 Å². The highest BCUT2D eigenvalue weighted by atomic mass is 32.2. The molecular formula is C14H16F2N2O5S. The summed E-state index contributed by atoms with van der Waals surface area (Å²) in [6.45, 7) is 1.56. The fraction of sp³-hybridized carbons (Fsp3) is 0.429. The average Bonchev–Trinajstić information content (AvgIpc) is 2.55. The molecule has 1 aromatic carbocycles. The Morgan fingerprint density at radius 3 is 2.71 bits per heavy atom. The maximum Gasteiger partial charge on any atom is 0.341 e. The van der Waals surface area contributed by atoms with Gasteiger partial charge in [-0.2, -0.15) is 8.78 Å². The summed E-state index contributed by atoms with van der Waals surface area (Å²) in [6, 6.07) is 2.72. The first-order valence-corrected chi connectivity index (χ1v) is 8.67. The summed E-state index contributed by atoms with van der Waals surface area (Å²) in [5.74, 6) is -3.63. The van der Waals surface area contributed by atoms with Gasteiger partial charge in [0.15, 0.2) is 0 Å². The lowest BCUT2D eigenvalue weighted by atomic mass is 10.1. The van der Waals surface area contributed by atoms with Crippen molar-refractivity contribution < 1.29 is 26.9 Å². The highest BCUT2D eigenvalue weighted by Gasteiger charge is 2.29. The van der Waals surface area contributed by atoms with E-state index in [-0.39, 0.29) is 5.69 Å². The van der Waals surface area contributed by atoms with Crippen molar-refractivity contribution in [1.29, 1.82) is 0 Å². The van der Waals surface area contributed by atoms with Crippen molar-refractivity contribution in [2.24, 2.45) is 0 Å². The fourth-order valence-corrected chi connectivity index (χ4v) is 2.98. The minimum Gasteiger partial charge on any atom is -0.379 e. The number of alkyl halides is 2. The highest BCUT2D eigenvalue weighted by Crippen LogP contribution is 2.30. The van der Waals surface area contributed by atoms with E-state index in [0.29, 0.717) is 32.2 Å². The van der Waals surface area contributed by atoms with Crippen molar-refractivity contribution in [3.8, 4) is 0 Å². The van der Waals surface area contributed by atoms with E-state index in [2.05, 4.69) is 5.32 Å². The van der Waals surface area contributed by atoms with E-state index in [0.717, 1.165) is 24.1 Å². The number of hydrogen-bond donors (Lipinski definition) is 1. The van der Waals surface area contributed by atoms with Gasteiger partial charge in [0.25, 0.3) is 5.69 Å². The van der Waals surface area contributed by atoms with Crippen molar-refractivity contribution in [1.82, 2.24) is 0 Å². The van der Waals surface area contributed by atoms with Crippen LogP contribution >= 0.6 is 0 Å². The van der Waals surface area contributed by atoms with Gasteiger partial charge in [-0.1, -0.05) is 11.6 Å². The Labute approximate surface area is 137 Å². The predicted molar refractivity (Wildman–Crippen MR) is 82.9 cm³/mol. The van der Waals surface area contributed by atoms with E-state index in [1.165, 1.54) is 0 Å². The number of ether oxygens (including phenoxy) is 1. The number of halogens is 2. The molecule has 0 saturated heterocycles. The summed E-state index contributed by atoms with van der Waals surface area (Å²) in [7, 11) is -4.88. The summed E-state index contributed by atoms with van der Waals surface area (Å²) in [6.07, 6.45) is 3.38. The first-order chi connectivity index (χ1) is 11.3. The molecular weight excluding hydrogens is 346 g/mol. The summed E-state index contributed by atoms with van der Waals surface area (Å²) in [5, 5.41) is 13.9. The zero-order valence-corrected chi connectivity index (χ0v) is 13.4. The maximum absolute atomic E-state index is 12.6. The first-order valence-electron chi connectivity index (χ1n) is 7.12. The molecule has 1 aliphatic heterocycles. The van der Waals surface area contributed by atoms with Crippen molar-refractivity contribution in [3.63, 3.8) is 0 Å². The number of anilines is 1. The molecule has 0 saturated carbocycles. The van der Waals surface area contributed by atoms with Crippen LogP contribution in [0.4, 0.5) is 20.2 Å². The van der Waals surface area contributed by atoms with Crippen LogP contribution in [0.2, 0.25) is 0 Å². The second-order valence-corrected chi connectivity index (χ2v) is 7.02. The second kappa shape index (κ2) is 7.67. The Bertz CT molecular complexity index is 750. The van der Waals surface area contributed by atoms with Crippen molar-refractivity contribution >= 4 is 21.2 Å². The Morgan fingerprint density at radius 2 is 2.12 bits per heavy atom. The summed E-state index contributed by atoms with van der Waals surface area (Å²) < 4.78 is 53.1. The molecule has 10 heteroatoms. The Kier molecular flexibility index (Phi) is 5.84. The zero-order valence-electron chi connectivity index (χ0n) is 12.6. The van der Waals surface area contributed by atoms with Crippen molar-refractivity contribution in [2.75, 3.05) is 25.1 Å². The van der Waals surface area contributed by atoms with E-state index >= 15 is 0 Å². The third kappa shape index (κ3) is 4.26. The molecule has 2 rings (SSSR count). The highest BCUT2D eigenvalue weighted by molar-refractivity contribution is 7.91. The molecule has 0 radical (unpaired) electrons. The minimum atomic E-state index is -4.88. The lowest BCUT2D eigenvalue weighted by Gasteiger charge is -2.14. The molecule has 1 aliphatic rings. The van der Waals surface area contributed by atoms with Crippen LogP contribution < -0.4 is 5.32 Å². The molecule has 7 nitrogen and oxygen atoms in total.